The molecule has 2 N–H and O–H groups in total. The van der Waals surface area contributed by atoms with Crippen molar-refractivity contribution < 1.29 is 13.9 Å². The van der Waals surface area contributed by atoms with Crippen LogP contribution in [0, 0.1) is 5.82 Å². The van der Waals surface area contributed by atoms with Gasteiger partial charge in [0.2, 0.25) is 0 Å². The Hall–Kier alpha value is -2.60. The molecule has 6 heteroatoms. The summed E-state index contributed by atoms with van der Waals surface area (Å²) in [7, 11) is 0. The fourth-order valence-electron chi connectivity index (χ4n) is 3.33. The summed E-state index contributed by atoms with van der Waals surface area (Å²) in [6.45, 7) is 2.68. The lowest BCUT2D eigenvalue weighted by atomic mass is 10.0. The van der Waals surface area contributed by atoms with Crippen LogP contribution in [0.25, 0.3) is 0 Å². The molecular formula is C21H26FN3O2. The lowest BCUT2D eigenvalue weighted by Gasteiger charge is -2.35. The van der Waals surface area contributed by atoms with Gasteiger partial charge in [0.15, 0.2) is 11.6 Å². The summed E-state index contributed by atoms with van der Waals surface area (Å²) < 4.78 is 19.2. The lowest BCUT2D eigenvalue weighted by molar-refractivity contribution is 0.121. The molecule has 0 radical (unpaired) electrons. The van der Waals surface area contributed by atoms with E-state index in [1.54, 1.807) is 18.2 Å². The van der Waals surface area contributed by atoms with Gasteiger partial charge in [0.05, 0.1) is 0 Å². The van der Waals surface area contributed by atoms with E-state index in [1.807, 2.05) is 30.3 Å². The Kier molecular flexibility index (Phi) is 7.04. The van der Waals surface area contributed by atoms with Gasteiger partial charge in [0.1, 0.15) is 6.61 Å². The number of para-hydroxylation sites is 2. The third kappa shape index (κ3) is 5.96. The summed E-state index contributed by atoms with van der Waals surface area (Å²) in [6, 6.07) is 15.9. The first-order valence-corrected chi connectivity index (χ1v) is 9.43. The maximum atomic E-state index is 13.6. The predicted octanol–water partition coefficient (Wildman–Crippen LogP) is 3.88. The van der Waals surface area contributed by atoms with Gasteiger partial charge in [0.25, 0.3) is 0 Å². The van der Waals surface area contributed by atoms with E-state index in [4.69, 9.17) is 4.74 Å². The van der Waals surface area contributed by atoms with Gasteiger partial charge in [-0.15, -0.1) is 0 Å². The molecule has 0 bridgehead atoms. The molecule has 3 rings (SSSR count). The highest BCUT2D eigenvalue weighted by Crippen LogP contribution is 2.18. The van der Waals surface area contributed by atoms with Crippen LogP contribution in [0.4, 0.5) is 14.9 Å². The van der Waals surface area contributed by atoms with Gasteiger partial charge in [-0.1, -0.05) is 36.8 Å². The molecule has 0 spiro atoms. The molecule has 2 amide bonds. The van der Waals surface area contributed by atoms with Gasteiger partial charge in [-0.2, -0.15) is 0 Å². The molecule has 5 nitrogen and oxygen atoms in total. The van der Waals surface area contributed by atoms with Crippen LogP contribution in [0.5, 0.6) is 5.75 Å². The Morgan fingerprint density at radius 2 is 1.89 bits per heavy atom. The van der Waals surface area contributed by atoms with Crippen LogP contribution in [0.2, 0.25) is 0 Å². The van der Waals surface area contributed by atoms with E-state index in [1.165, 1.54) is 6.07 Å². The summed E-state index contributed by atoms with van der Waals surface area (Å²) in [5, 5.41) is 5.79. The third-order valence-corrected chi connectivity index (χ3v) is 4.75. The van der Waals surface area contributed by atoms with Gasteiger partial charge >= 0.3 is 6.03 Å². The second-order valence-corrected chi connectivity index (χ2v) is 6.67. The number of anilines is 1. The van der Waals surface area contributed by atoms with Gasteiger partial charge in [-0.25, -0.2) is 9.18 Å². The van der Waals surface area contributed by atoms with E-state index in [2.05, 4.69) is 15.5 Å². The number of urea groups is 1. The normalized spacial score (nSPS) is 17.3. The van der Waals surface area contributed by atoms with Crippen molar-refractivity contribution in [2.24, 2.45) is 0 Å². The number of carbonyl (C=O) groups is 1. The van der Waals surface area contributed by atoms with Crippen molar-refractivity contribution in [1.29, 1.82) is 0 Å². The topological polar surface area (TPSA) is 53.6 Å². The first kappa shape index (κ1) is 19.2. The predicted molar refractivity (Wildman–Crippen MR) is 105 cm³/mol. The molecule has 1 heterocycles. The summed E-state index contributed by atoms with van der Waals surface area (Å²) in [4.78, 5) is 14.4. The number of hydrogen-bond acceptors (Lipinski definition) is 3. The minimum atomic E-state index is -0.341. The number of nitrogens with one attached hydrogen (secondary N) is 2. The molecule has 0 aliphatic carbocycles. The molecule has 1 fully saturated rings. The van der Waals surface area contributed by atoms with Gasteiger partial charge in [0, 0.05) is 24.8 Å². The molecule has 1 aliphatic heterocycles. The summed E-state index contributed by atoms with van der Waals surface area (Å²) >= 11 is 0. The van der Waals surface area contributed by atoms with Crippen molar-refractivity contribution >= 4 is 11.7 Å². The number of hydrogen-bond donors (Lipinski definition) is 2. The molecule has 0 aromatic heterocycles. The fourth-order valence-corrected chi connectivity index (χ4v) is 3.33. The zero-order valence-electron chi connectivity index (χ0n) is 15.4. The third-order valence-electron chi connectivity index (χ3n) is 4.75. The van der Waals surface area contributed by atoms with E-state index in [0.717, 1.165) is 31.5 Å². The Morgan fingerprint density at radius 1 is 1.11 bits per heavy atom. The first-order chi connectivity index (χ1) is 13.2. The molecular weight excluding hydrogens is 345 g/mol. The van der Waals surface area contributed by atoms with Crippen molar-refractivity contribution in [2.45, 2.75) is 25.3 Å². The first-order valence-electron chi connectivity index (χ1n) is 9.43. The van der Waals surface area contributed by atoms with Gasteiger partial charge < -0.3 is 15.4 Å². The molecule has 144 valence electrons. The Labute approximate surface area is 159 Å². The number of likely N-dealkylation sites (tertiary alicyclic amines) is 1. The number of halogens is 1. The fraction of sp³-hybridized carbons (Fsp3) is 0.381. The number of benzene rings is 2. The van der Waals surface area contributed by atoms with Gasteiger partial charge in [-0.05, 0) is 43.7 Å². The van der Waals surface area contributed by atoms with Crippen molar-refractivity contribution in [3.05, 3.63) is 60.4 Å². The van der Waals surface area contributed by atoms with Crippen molar-refractivity contribution in [1.82, 2.24) is 10.2 Å². The SMILES string of the molecule is O=C(NCC1CCCCN1CCOc1ccccc1F)Nc1ccccc1. The maximum Gasteiger partial charge on any atom is 0.319 e. The lowest BCUT2D eigenvalue weighted by Crippen LogP contribution is -2.48. The number of rotatable bonds is 7. The van der Waals surface area contributed by atoms with Crippen LogP contribution in [0.15, 0.2) is 54.6 Å². The monoisotopic (exact) mass is 371 g/mol. The van der Waals surface area contributed by atoms with Crippen LogP contribution in [0.1, 0.15) is 19.3 Å². The number of nitrogens with zero attached hydrogens (tertiary/aromatic N) is 1. The molecule has 0 saturated carbocycles. The molecule has 27 heavy (non-hydrogen) atoms. The van der Waals surface area contributed by atoms with E-state index < -0.39 is 0 Å². The van der Waals surface area contributed by atoms with Crippen LogP contribution in [-0.4, -0.2) is 43.2 Å². The summed E-state index contributed by atoms with van der Waals surface area (Å²) in [6.07, 6.45) is 3.31. The van der Waals surface area contributed by atoms with E-state index in [0.29, 0.717) is 19.7 Å². The van der Waals surface area contributed by atoms with Gasteiger partial charge in [-0.3, -0.25) is 4.90 Å². The Bertz CT molecular complexity index is 726. The Morgan fingerprint density at radius 3 is 2.70 bits per heavy atom. The number of amides is 2. The van der Waals surface area contributed by atoms with Crippen LogP contribution in [-0.2, 0) is 0 Å². The van der Waals surface area contributed by atoms with Crippen molar-refractivity contribution in [3.8, 4) is 5.75 Å². The molecule has 1 aliphatic rings. The van der Waals surface area contributed by atoms with Crippen molar-refractivity contribution in [2.75, 3.05) is 31.6 Å². The second-order valence-electron chi connectivity index (χ2n) is 6.67. The van der Waals surface area contributed by atoms with E-state index >= 15 is 0 Å². The molecule has 1 unspecified atom stereocenters. The average molecular weight is 371 g/mol. The zero-order chi connectivity index (χ0) is 18.9. The highest BCUT2D eigenvalue weighted by atomic mass is 19.1. The standard InChI is InChI=1S/C21H26FN3O2/c22-19-11-4-5-12-20(19)27-15-14-25-13-7-6-10-18(25)16-23-21(26)24-17-8-2-1-3-9-17/h1-5,8-9,11-12,18H,6-7,10,13-16H2,(H2,23,24,26). The minimum Gasteiger partial charge on any atom is -0.489 e. The highest BCUT2D eigenvalue weighted by Gasteiger charge is 2.22. The smallest absolute Gasteiger partial charge is 0.319 e. The van der Waals surface area contributed by atoms with E-state index in [9.17, 15) is 9.18 Å². The second kappa shape index (κ2) is 9.92. The van der Waals surface area contributed by atoms with E-state index in [-0.39, 0.29) is 23.6 Å². The molecule has 1 atom stereocenters. The molecule has 2 aromatic rings. The van der Waals surface area contributed by atoms with Crippen molar-refractivity contribution in [3.63, 3.8) is 0 Å². The molecule has 1 saturated heterocycles. The minimum absolute atomic E-state index is 0.200. The highest BCUT2D eigenvalue weighted by molar-refractivity contribution is 5.89. The van der Waals surface area contributed by atoms with Crippen LogP contribution >= 0.6 is 0 Å². The average Bonchev–Trinajstić information content (AvgIpc) is 2.69. The van der Waals surface area contributed by atoms with Crippen LogP contribution < -0.4 is 15.4 Å². The quantitative estimate of drug-likeness (QED) is 0.777. The maximum absolute atomic E-state index is 13.6. The number of ether oxygens (including phenoxy) is 1. The largest absolute Gasteiger partial charge is 0.489 e. The number of piperidine rings is 1. The summed E-state index contributed by atoms with van der Waals surface area (Å²) in [5.74, 6) is -0.0571. The Balaban J connectivity index is 1.44. The molecule has 2 aromatic carbocycles. The summed E-state index contributed by atoms with van der Waals surface area (Å²) in [5.41, 5.74) is 0.772. The zero-order valence-corrected chi connectivity index (χ0v) is 15.4. The van der Waals surface area contributed by atoms with Crippen LogP contribution in [0.3, 0.4) is 0 Å². The number of carbonyl (C=O) groups excluding carboxylic acids is 1.